The predicted octanol–water partition coefficient (Wildman–Crippen LogP) is 5.00. The van der Waals surface area contributed by atoms with E-state index in [0.29, 0.717) is 12.5 Å². The topological polar surface area (TPSA) is 49.8 Å². The molecule has 0 amide bonds. The minimum absolute atomic E-state index is 0.308. The Bertz CT molecular complexity index is 380. The maximum atomic E-state index is 10.3. The van der Waals surface area contributed by atoms with Crippen LogP contribution in [0.5, 0.6) is 0 Å². The molecule has 0 radical (unpaired) electrons. The molecule has 0 saturated carbocycles. The van der Waals surface area contributed by atoms with Gasteiger partial charge in [-0.25, -0.2) is 0 Å². The highest BCUT2D eigenvalue weighted by molar-refractivity contribution is 5.66. The van der Waals surface area contributed by atoms with Gasteiger partial charge in [0, 0.05) is 12.8 Å². The van der Waals surface area contributed by atoms with Crippen LogP contribution in [0.15, 0.2) is 36.1 Å². The van der Waals surface area contributed by atoms with Gasteiger partial charge in [-0.3, -0.25) is 4.79 Å². The van der Waals surface area contributed by atoms with E-state index >= 15 is 0 Å². The number of carbonyl (C=O) groups is 1. The number of unbranched alkanes of at least 4 members (excludes halogenated alkanes) is 5. The van der Waals surface area contributed by atoms with Gasteiger partial charge in [0.15, 0.2) is 6.10 Å². The molecule has 0 aromatic carbocycles. The van der Waals surface area contributed by atoms with E-state index in [4.69, 9.17) is 9.84 Å². The van der Waals surface area contributed by atoms with Crippen molar-refractivity contribution in [2.24, 2.45) is 0 Å². The van der Waals surface area contributed by atoms with E-state index in [1.807, 2.05) is 0 Å². The van der Waals surface area contributed by atoms with Crippen molar-refractivity contribution in [3.05, 3.63) is 36.1 Å². The van der Waals surface area contributed by atoms with E-state index in [-0.39, 0.29) is 0 Å². The smallest absolute Gasteiger partial charge is 0.303 e. The molecule has 1 heterocycles. The molecule has 0 aromatic rings. The number of rotatable bonds is 12. The van der Waals surface area contributed by atoms with Gasteiger partial charge < -0.3 is 9.84 Å². The van der Waals surface area contributed by atoms with Crippen molar-refractivity contribution in [2.45, 2.75) is 70.8 Å². The van der Waals surface area contributed by atoms with E-state index in [0.717, 1.165) is 44.3 Å². The molecular formula is C18H28O3. The van der Waals surface area contributed by atoms with Crippen molar-refractivity contribution in [1.29, 1.82) is 0 Å². The van der Waals surface area contributed by atoms with Crippen LogP contribution in [0.4, 0.5) is 0 Å². The zero-order chi connectivity index (χ0) is 15.3. The van der Waals surface area contributed by atoms with Crippen molar-refractivity contribution in [2.75, 3.05) is 0 Å². The Labute approximate surface area is 128 Å². The summed E-state index contributed by atoms with van der Waals surface area (Å²) < 4.78 is 5.47. The Morgan fingerprint density at radius 3 is 2.67 bits per heavy atom. The average molecular weight is 292 g/mol. The molecule has 3 heteroatoms. The average Bonchev–Trinajstić information content (AvgIpc) is 3.19. The highest BCUT2D eigenvalue weighted by Crippen LogP contribution is 2.30. The highest BCUT2D eigenvalue weighted by atomic mass is 16.6. The van der Waals surface area contributed by atoms with E-state index in [9.17, 15) is 4.79 Å². The Kier molecular flexibility index (Phi) is 9.34. The number of ether oxygens (including phenoxy) is 1. The number of carboxylic acid groups (broad SMARTS) is 1. The third-order valence-electron chi connectivity index (χ3n) is 3.45. The Morgan fingerprint density at radius 1 is 1.14 bits per heavy atom. The summed E-state index contributed by atoms with van der Waals surface area (Å²) in [7, 11) is 0. The first-order valence-corrected chi connectivity index (χ1v) is 8.14. The molecular weight excluding hydrogens is 264 g/mol. The lowest BCUT2D eigenvalue weighted by Crippen LogP contribution is -1.93. The summed E-state index contributed by atoms with van der Waals surface area (Å²) in [6.45, 7) is 2.13. The standard InChI is InChI=1S/C18H28O3/c1-2-3-10-13-16-17(21-16)14-11-8-6-4-5-7-9-12-15-18(19)20/h3,8,10-11,14,16H,2,4-7,9,12-13,15H2,1H3,(H,19,20)/b10-3+,11-8-,17-14+/t16-/m0/s1. The first-order chi connectivity index (χ1) is 10.2. The van der Waals surface area contributed by atoms with Crippen LogP contribution >= 0.6 is 0 Å². The molecule has 21 heavy (non-hydrogen) atoms. The predicted molar refractivity (Wildman–Crippen MR) is 86.1 cm³/mol. The zero-order valence-corrected chi connectivity index (χ0v) is 13.1. The van der Waals surface area contributed by atoms with Crippen LogP contribution in [0.2, 0.25) is 0 Å². The fourth-order valence-electron chi connectivity index (χ4n) is 2.16. The second-order valence-corrected chi connectivity index (χ2v) is 5.42. The van der Waals surface area contributed by atoms with E-state index in [2.05, 4.69) is 37.3 Å². The molecule has 118 valence electrons. The molecule has 1 atom stereocenters. The molecule has 0 unspecified atom stereocenters. The molecule has 1 aliphatic rings. The van der Waals surface area contributed by atoms with Gasteiger partial charge in [0.2, 0.25) is 0 Å². The first kappa shape index (κ1) is 17.5. The number of hydrogen-bond donors (Lipinski definition) is 1. The highest BCUT2D eigenvalue weighted by Gasteiger charge is 2.29. The Morgan fingerprint density at radius 2 is 1.90 bits per heavy atom. The van der Waals surface area contributed by atoms with Gasteiger partial charge in [0.1, 0.15) is 5.76 Å². The molecule has 1 N–H and O–H groups in total. The van der Waals surface area contributed by atoms with Crippen LogP contribution in [0.3, 0.4) is 0 Å². The third-order valence-corrected chi connectivity index (χ3v) is 3.45. The van der Waals surface area contributed by atoms with Gasteiger partial charge in [-0.05, 0) is 31.8 Å². The summed E-state index contributed by atoms with van der Waals surface area (Å²) in [6, 6.07) is 0. The van der Waals surface area contributed by atoms with E-state index in [1.165, 1.54) is 12.8 Å². The molecule has 3 nitrogen and oxygen atoms in total. The molecule has 1 rings (SSSR count). The Balaban J connectivity index is 1.92. The minimum Gasteiger partial charge on any atom is -0.483 e. The van der Waals surface area contributed by atoms with Gasteiger partial charge in [-0.15, -0.1) is 0 Å². The maximum absolute atomic E-state index is 10.3. The molecule has 1 fully saturated rings. The van der Waals surface area contributed by atoms with Crippen LogP contribution in [0, 0.1) is 0 Å². The molecule has 0 aliphatic carbocycles. The van der Waals surface area contributed by atoms with Gasteiger partial charge in [-0.1, -0.05) is 50.5 Å². The normalized spacial score (nSPS) is 19.5. The fourth-order valence-corrected chi connectivity index (χ4v) is 2.16. The van der Waals surface area contributed by atoms with Gasteiger partial charge >= 0.3 is 5.97 Å². The van der Waals surface area contributed by atoms with Gasteiger partial charge in [0.25, 0.3) is 0 Å². The minimum atomic E-state index is -0.684. The van der Waals surface area contributed by atoms with Crippen LogP contribution in [-0.2, 0) is 9.53 Å². The number of allylic oxidation sites excluding steroid dienone is 4. The number of epoxide rings is 1. The van der Waals surface area contributed by atoms with Crippen LogP contribution in [0.25, 0.3) is 0 Å². The molecule has 0 spiro atoms. The first-order valence-electron chi connectivity index (χ1n) is 8.14. The van der Waals surface area contributed by atoms with Crippen molar-refractivity contribution in [3.8, 4) is 0 Å². The van der Waals surface area contributed by atoms with Crippen molar-refractivity contribution in [3.63, 3.8) is 0 Å². The fraction of sp³-hybridized carbons (Fsp3) is 0.611. The summed E-state index contributed by atoms with van der Waals surface area (Å²) in [5.74, 6) is 0.414. The number of carboxylic acids is 1. The summed E-state index contributed by atoms with van der Waals surface area (Å²) in [5, 5.41) is 8.51. The molecule has 1 aliphatic heterocycles. The SMILES string of the molecule is CC/C=C/C[C@@H]1O/C1=C/C=C\CCCCCCCC(=O)O. The van der Waals surface area contributed by atoms with E-state index in [1.54, 1.807) is 0 Å². The quantitative estimate of drug-likeness (QED) is 0.313. The van der Waals surface area contributed by atoms with Crippen LogP contribution in [0.1, 0.15) is 64.7 Å². The maximum Gasteiger partial charge on any atom is 0.303 e. The Hall–Kier alpha value is -1.51. The van der Waals surface area contributed by atoms with Gasteiger partial charge in [0.05, 0.1) is 0 Å². The van der Waals surface area contributed by atoms with Crippen molar-refractivity contribution < 1.29 is 14.6 Å². The molecule has 0 aromatic heterocycles. The largest absolute Gasteiger partial charge is 0.483 e. The van der Waals surface area contributed by atoms with E-state index < -0.39 is 5.97 Å². The lowest BCUT2D eigenvalue weighted by atomic mass is 10.1. The summed E-state index contributed by atoms with van der Waals surface area (Å²) in [5.41, 5.74) is 0. The van der Waals surface area contributed by atoms with Gasteiger partial charge in [-0.2, -0.15) is 0 Å². The summed E-state index contributed by atoms with van der Waals surface area (Å²) >= 11 is 0. The van der Waals surface area contributed by atoms with Crippen molar-refractivity contribution in [1.82, 2.24) is 0 Å². The van der Waals surface area contributed by atoms with Crippen LogP contribution in [-0.4, -0.2) is 17.2 Å². The lowest BCUT2D eigenvalue weighted by molar-refractivity contribution is -0.137. The number of hydrogen-bond acceptors (Lipinski definition) is 2. The zero-order valence-electron chi connectivity index (χ0n) is 13.1. The lowest BCUT2D eigenvalue weighted by Gasteiger charge is -1.97. The van der Waals surface area contributed by atoms with Crippen LogP contribution < -0.4 is 0 Å². The second-order valence-electron chi connectivity index (χ2n) is 5.42. The second kappa shape index (κ2) is 11.2. The number of aliphatic carboxylic acids is 1. The third kappa shape index (κ3) is 9.94. The van der Waals surface area contributed by atoms with Crippen molar-refractivity contribution >= 4 is 5.97 Å². The summed E-state index contributed by atoms with van der Waals surface area (Å²) in [6.07, 6.45) is 19.8. The monoisotopic (exact) mass is 292 g/mol. The summed E-state index contributed by atoms with van der Waals surface area (Å²) in [4.78, 5) is 10.3. The molecule has 0 bridgehead atoms. The molecule has 1 saturated heterocycles.